The fourth-order valence-corrected chi connectivity index (χ4v) is 2.05. The number of aromatic nitrogens is 2. The number of hydrogen-bond donors (Lipinski definition) is 1. The van der Waals surface area contributed by atoms with Crippen molar-refractivity contribution in [1.29, 1.82) is 0 Å². The zero-order valence-corrected chi connectivity index (χ0v) is 12.5. The van der Waals surface area contributed by atoms with E-state index in [0.29, 0.717) is 11.4 Å². The average molecular weight is 319 g/mol. The zero-order valence-electron chi connectivity index (χ0n) is 12.5. The molecule has 24 heavy (non-hydrogen) atoms. The molecule has 0 aliphatic rings. The predicted octanol–water partition coefficient (Wildman–Crippen LogP) is 3.50. The summed E-state index contributed by atoms with van der Waals surface area (Å²) in [7, 11) is 0. The van der Waals surface area contributed by atoms with Crippen molar-refractivity contribution < 1.29 is 4.92 Å². The first-order valence-corrected chi connectivity index (χ1v) is 7.15. The van der Waals surface area contributed by atoms with E-state index in [1.165, 1.54) is 18.3 Å². The van der Waals surface area contributed by atoms with Crippen LogP contribution in [0.25, 0.3) is 11.3 Å². The van der Waals surface area contributed by atoms with Crippen LogP contribution >= 0.6 is 0 Å². The van der Waals surface area contributed by atoms with Crippen LogP contribution in [0, 0.1) is 10.1 Å². The maximum atomic E-state index is 10.7. The topological polar surface area (TPSA) is 93.3 Å². The lowest BCUT2D eigenvalue weighted by Crippen LogP contribution is -1.96. The highest BCUT2D eigenvalue weighted by atomic mass is 16.6. The number of nitro groups is 1. The molecule has 0 unspecified atom stereocenters. The molecule has 0 saturated carbocycles. The summed E-state index contributed by atoms with van der Waals surface area (Å²) in [5.74, 6) is 0.483. The van der Waals surface area contributed by atoms with E-state index in [0.717, 1.165) is 11.3 Å². The van der Waals surface area contributed by atoms with E-state index in [1.54, 1.807) is 18.2 Å². The van der Waals surface area contributed by atoms with Gasteiger partial charge in [-0.15, -0.1) is 10.2 Å². The van der Waals surface area contributed by atoms with Crippen LogP contribution in [0.5, 0.6) is 0 Å². The Morgan fingerprint density at radius 3 is 2.54 bits per heavy atom. The molecule has 7 heteroatoms. The lowest BCUT2D eigenvalue weighted by atomic mass is 10.1. The normalized spacial score (nSPS) is 10.7. The molecule has 7 nitrogen and oxygen atoms in total. The molecule has 0 aliphatic carbocycles. The van der Waals surface area contributed by atoms with Gasteiger partial charge < -0.3 is 0 Å². The van der Waals surface area contributed by atoms with Crippen LogP contribution in [0.1, 0.15) is 5.56 Å². The Labute approximate surface area is 137 Å². The number of anilines is 1. The maximum Gasteiger partial charge on any atom is 0.270 e. The van der Waals surface area contributed by atoms with Gasteiger partial charge in [-0.1, -0.05) is 42.5 Å². The van der Waals surface area contributed by atoms with Crippen LogP contribution in [0.3, 0.4) is 0 Å². The van der Waals surface area contributed by atoms with Gasteiger partial charge in [-0.2, -0.15) is 5.10 Å². The molecule has 0 bridgehead atoms. The highest BCUT2D eigenvalue weighted by molar-refractivity contribution is 5.81. The molecule has 3 aromatic rings. The van der Waals surface area contributed by atoms with Crippen LogP contribution in [-0.4, -0.2) is 21.3 Å². The molecule has 0 aliphatic heterocycles. The van der Waals surface area contributed by atoms with E-state index in [9.17, 15) is 10.1 Å². The molecule has 0 atom stereocenters. The molecule has 1 aromatic heterocycles. The van der Waals surface area contributed by atoms with Crippen LogP contribution in [0.2, 0.25) is 0 Å². The third-order valence-electron chi connectivity index (χ3n) is 3.21. The molecule has 0 saturated heterocycles. The Balaban J connectivity index is 1.66. The quantitative estimate of drug-likeness (QED) is 0.441. The van der Waals surface area contributed by atoms with Crippen LogP contribution in [0.15, 0.2) is 71.8 Å². The van der Waals surface area contributed by atoms with Crippen molar-refractivity contribution in [3.63, 3.8) is 0 Å². The second-order valence-corrected chi connectivity index (χ2v) is 4.89. The summed E-state index contributed by atoms with van der Waals surface area (Å²) in [5, 5.41) is 22.9. The van der Waals surface area contributed by atoms with E-state index in [-0.39, 0.29) is 5.69 Å². The van der Waals surface area contributed by atoms with E-state index in [2.05, 4.69) is 20.7 Å². The summed E-state index contributed by atoms with van der Waals surface area (Å²) in [6.45, 7) is 0. The van der Waals surface area contributed by atoms with Crippen molar-refractivity contribution >= 4 is 17.7 Å². The van der Waals surface area contributed by atoms with Gasteiger partial charge in [0.15, 0.2) is 5.82 Å². The fourth-order valence-electron chi connectivity index (χ4n) is 2.05. The molecular formula is C17H13N5O2. The number of nitro benzene ring substituents is 1. The molecule has 1 heterocycles. The summed E-state index contributed by atoms with van der Waals surface area (Å²) in [5.41, 5.74) is 5.13. The number of hydrogen-bond acceptors (Lipinski definition) is 6. The minimum absolute atomic E-state index is 0.0194. The summed E-state index contributed by atoms with van der Waals surface area (Å²) >= 11 is 0. The molecule has 3 rings (SSSR count). The van der Waals surface area contributed by atoms with E-state index >= 15 is 0 Å². The first-order chi connectivity index (χ1) is 11.7. The monoisotopic (exact) mass is 319 g/mol. The Morgan fingerprint density at radius 2 is 1.83 bits per heavy atom. The lowest BCUT2D eigenvalue weighted by Gasteiger charge is -2.01. The molecule has 0 radical (unpaired) electrons. The second-order valence-electron chi connectivity index (χ2n) is 4.89. The van der Waals surface area contributed by atoms with Crippen molar-refractivity contribution in [2.24, 2.45) is 5.10 Å². The number of benzene rings is 2. The third kappa shape index (κ3) is 3.77. The summed E-state index contributed by atoms with van der Waals surface area (Å²) < 4.78 is 0. The Bertz CT molecular complexity index is 864. The summed E-state index contributed by atoms with van der Waals surface area (Å²) in [4.78, 5) is 10.3. The Morgan fingerprint density at radius 1 is 1.00 bits per heavy atom. The Kier molecular flexibility index (Phi) is 4.52. The molecule has 0 spiro atoms. The number of non-ortho nitro benzene ring substituents is 1. The third-order valence-corrected chi connectivity index (χ3v) is 3.21. The van der Waals surface area contributed by atoms with Gasteiger partial charge in [0, 0.05) is 23.3 Å². The lowest BCUT2D eigenvalue weighted by molar-refractivity contribution is -0.384. The van der Waals surface area contributed by atoms with Crippen molar-refractivity contribution in [2.75, 3.05) is 5.43 Å². The van der Waals surface area contributed by atoms with Gasteiger partial charge >= 0.3 is 0 Å². The minimum atomic E-state index is -0.446. The van der Waals surface area contributed by atoms with Gasteiger partial charge in [0.25, 0.3) is 5.69 Å². The largest absolute Gasteiger partial charge is 0.270 e. The first kappa shape index (κ1) is 15.3. The minimum Gasteiger partial charge on any atom is -0.260 e. The molecular weight excluding hydrogens is 306 g/mol. The molecule has 1 N–H and O–H groups in total. The Hall–Kier alpha value is -3.61. The standard InChI is InChI=1S/C17H13N5O2/c23-22(24)15-8-4-5-13(11-15)12-18-20-17-10-9-16(19-21-17)14-6-2-1-3-7-14/h1-12H,(H,20,21). The highest BCUT2D eigenvalue weighted by Gasteiger charge is 2.04. The number of nitrogens with zero attached hydrogens (tertiary/aromatic N) is 4. The first-order valence-electron chi connectivity index (χ1n) is 7.15. The van der Waals surface area contributed by atoms with Crippen LogP contribution < -0.4 is 5.43 Å². The van der Waals surface area contributed by atoms with Crippen LogP contribution in [0.4, 0.5) is 11.5 Å². The smallest absolute Gasteiger partial charge is 0.260 e. The zero-order chi connectivity index (χ0) is 16.8. The van der Waals surface area contributed by atoms with Crippen molar-refractivity contribution in [2.45, 2.75) is 0 Å². The predicted molar refractivity (Wildman–Crippen MR) is 91.8 cm³/mol. The van der Waals surface area contributed by atoms with E-state index in [4.69, 9.17) is 0 Å². The van der Waals surface area contributed by atoms with Gasteiger partial charge in [0.05, 0.1) is 16.8 Å². The number of hydrazone groups is 1. The molecule has 2 aromatic carbocycles. The average Bonchev–Trinajstić information content (AvgIpc) is 2.63. The summed E-state index contributed by atoms with van der Waals surface area (Å²) in [6.07, 6.45) is 1.49. The van der Waals surface area contributed by atoms with Crippen LogP contribution in [-0.2, 0) is 0 Å². The van der Waals surface area contributed by atoms with Gasteiger partial charge in [0.1, 0.15) is 0 Å². The van der Waals surface area contributed by atoms with E-state index < -0.39 is 4.92 Å². The summed E-state index contributed by atoms with van der Waals surface area (Å²) in [6, 6.07) is 19.5. The molecule has 118 valence electrons. The van der Waals surface area contributed by atoms with Crippen molar-refractivity contribution in [3.8, 4) is 11.3 Å². The van der Waals surface area contributed by atoms with Gasteiger partial charge in [-0.3, -0.25) is 15.5 Å². The van der Waals surface area contributed by atoms with Crippen molar-refractivity contribution in [1.82, 2.24) is 10.2 Å². The maximum absolute atomic E-state index is 10.7. The van der Waals surface area contributed by atoms with Gasteiger partial charge in [0.2, 0.25) is 0 Å². The fraction of sp³-hybridized carbons (Fsp3) is 0. The molecule has 0 amide bonds. The van der Waals surface area contributed by atoms with Gasteiger partial charge in [-0.25, -0.2) is 0 Å². The highest BCUT2D eigenvalue weighted by Crippen LogP contribution is 2.16. The molecule has 0 fully saturated rings. The van der Waals surface area contributed by atoms with E-state index in [1.807, 2.05) is 36.4 Å². The van der Waals surface area contributed by atoms with Gasteiger partial charge in [-0.05, 0) is 12.1 Å². The second kappa shape index (κ2) is 7.10. The number of nitrogens with one attached hydrogen (secondary N) is 1. The number of rotatable bonds is 5. The SMILES string of the molecule is O=[N+]([O-])c1cccc(C=NNc2ccc(-c3ccccc3)nn2)c1. The van der Waals surface area contributed by atoms with Crippen molar-refractivity contribution in [3.05, 3.63) is 82.4 Å².